The van der Waals surface area contributed by atoms with Crippen molar-refractivity contribution in [3.8, 4) is 16.9 Å². The molecule has 0 unspecified atom stereocenters. The molecule has 0 radical (unpaired) electrons. The Labute approximate surface area is 128 Å². The maximum atomic E-state index is 13.3. The van der Waals surface area contributed by atoms with Crippen molar-refractivity contribution < 1.29 is 32.2 Å². The molecule has 0 saturated heterocycles. The highest BCUT2D eigenvalue weighted by Gasteiger charge is 2.30. The van der Waals surface area contributed by atoms with E-state index in [0.717, 1.165) is 24.3 Å². The second-order valence-electron chi connectivity index (χ2n) is 4.48. The van der Waals surface area contributed by atoms with Crippen LogP contribution >= 0.6 is 0 Å². The van der Waals surface area contributed by atoms with Gasteiger partial charge in [0.25, 0.3) is 0 Å². The normalized spacial score (nSPS) is 11.7. The number of hydrogen-bond donors (Lipinski definition) is 1. The van der Waals surface area contributed by atoms with E-state index in [0.29, 0.717) is 11.1 Å². The maximum Gasteiger partial charge on any atom is 0.573 e. The molecule has 0 amide bonds. The molecule has 0 heterocycles. The number of benzene rings is 2. The number of carbonyl (C=O) groups is 1. The Bertz CT molecular complexity index is 734. The average molecular weight is 326 g/mol. The Morgan fingerprint density at radius 3 is 2.30 bits per heavy atom. The van der Waals surface area contributed by atoms with E-state index >= 15 is 0 Å². The van der Waals surface area contributed by atoms with Gasteiger partial charge in [-0.05, 0) is 47.0 Å². The predicted octanol–water partition coefficient (Wildman–Crippen LogP) is 4.49. The molecular weight excluding hydrogens is 316 g/mol. The minimum Gasteiger partial charge on any atom is -0.478 e. The van der Waals surface area contributed by atoms with Crippen LogP contribution in [0.1, 0.15) is 5.56 Å². The fourth-order valence-electron chi connectivity index (χ4n) is 1.93. The van der Waals surface area contributed by atoms with Gasteiger partial charge in [0.05, 0.1) is 0 Å². The molecule has 3 nitrogen and oxygen atoms in total. The minimum atomic E-state index is -4.78. The molecule has 0 aliphatic rings. The number of halogens is 4. The molecule has 7 heteroatoms. The molecule has 2 rings (SSSR count). The SMILES string of the molecule is O=C(O)/C=C/c1cc(F)ccc1-c1ccc(OC(F)(F)F)cc1. The largest absolute Gasteiger partial charge is 0.573 e. The quantitative estimate of drug-likeness (QED) is 0.665. The summed E-state index contributed by atoms with van der Waals surface area (Å²) in [6.07, 6.45) is -2.73. The summed E-state index contributed by atoms with van der Waals surface area (Å²) in [4.78, 5) is 10.6. The molecule has 0 aromatic heterocycles. The first-order valence-corrected chi connectivity index (χ1v) is 6.31. The van der Waals surface area contributed by atoms with E-state index in [1.165, 1.54) is 30.3 Å². The van der Waals surface area contributed by atoms with Crippen LogP contribution in [0.5, 0.6) is 5.75 Å². The van der Waals surface area contributed by atoms with Crippen LogP contribution in [-0.4, -0.2) is 17.4 Å². The highest BCUT2D eigenvalue weighted by Crippen LogP contribution is 2.29. The van der Waals surface area contributed by atoms with Gasteiger partial charge < -0.3 is 9.84 Å². The van der Waals surface area contributed by atoms with Crippen LogP contribution in [0.3, 0.4) is 0 Å². The molecule has 0 aliphatic heterocycles. The van der Waals surface area contributed by atoms with E-state index in [1.54, 1.807) is 0 Å². The number of hydrogen-bond acceptors (Lipinski definition) is 2. The average Bonchev–Trinajstić information content (AvgIpc) is 2.44. The lowest BCUT2D eigenvalue weighted by Gasteiger charge is -2.10. The summed E-state index contributed by atoms with van der Waals surface area (Å²) in [5.41, 5.74) is 1.25. The van der Waals surface area contributed by atoms with Gasteiger partial charge in [0, 0.05) is 6.08 Å². The molecule has 0 bridgehead atoms. The molecule has 1 N–H and O–H groups in total. The monoisotopic (exact) mass is 326 g/mol. The smallest absolute Gasteiger partial charge is 0.478 e. The van der Waals surface area contributed by atoms with Crippen LogP contribution < -0.4 is 4.74 Å². The highest BCUT2D eigenvalue weighted by atomic mass is 19.4. The first-order valence-electron chi connectivity index (χ1n) is 6.31. The van der Waals surface area contributed by atoms with E-state index in [4.69, 9.17) is 5.11 Å². The van der Waals surface area contributed by atoms with Crippen LogP contribution in [0.4, 0.5) is 17.6 Å². The standard InChI is InChI=1S/C16H10F4O3/c17-12-4-7-14(11(9-12)3-8-15(21)22)10-1-5-13(6-2-10)23-16(18,19)20/h1-9H,(H,21,22)/b8-3+. The molecule has 2 aromatic rings. The molecule has 0 aliphatic carbocycles. The van der Waals surface area contributed by atoms with Crippen molar-refractivity contribution in [3.05, 3.63) is 59.9 Å². The summed E-state index contributed by atoms with van der Waals surface area (Å²) in [5, 5.41) is 8.65. The second-order valence-corrected chi connectivity index (χ2v) is 4.48. The minimum absolute atomic E-state index is 0.289. The fourth-order valence-corrected chi connectivity index (χ4v) is 1.93. The van der Waals surface area contributed by atoms with Crippen molar-refractivity contribution in [3.63, 3.8) is 0 Å². The summed E-state index contributed by atoms with van der Waals surface area (Å²) in [6.45, 7) is 0. The second kappa shape index (κ2) is 6.51. The number of rotatable bonds is 4. The number of alkyl halides is 3. The molecular formula is C16H10F4O3. The molecule has 0 atom stereocenters. The topological polar surface area (TPSA) is 46.5 Å². The zero-order valence-corrected chi connectivity index (χ0v) is 11.5. The third kappa shape index (κ3) is 4.84. The number of aliphatic carboxylic acids is 1. The third-order valence-corrected chi connectivity index (χ3v) is 2.82. The van der Waals surface area contributed by atoms with E-state index in [-0.39, 0.29) is 11.3 Å². The molecule has 120 valence electrons. The Hall–Kier alpha value is -2.83. The van der Waals surface area contributed by atoms with E-state index in [1.807, 2.05) is 0 Å². The van der Waals surface area contributed by atoms with Gasteiger partial charge >= 0.3 is 12.3 Å². The van der Waals surface area contributed by atoms with Gasteiger partial charge in [-0.1, -0.05) is 18.2 Å². The van der Waals surface area contributed by atoms with Crippen molar-refractivity contribution in [1.82, 2.24) is 0 Å². The van der Waals surface area contributed by atoms with E-state index in [9.17, 15) is 22.4 Å². The van der Waals surface area contributed by atoms with E-state index < -0.39 is 18.1 Å². The first-order chi connectivity index (χ1) is 10.7. The molecule has 23 heavy (non-hydrogen) atoms. The fraction of sp³-hybridized carbons (Fsp3) is 0.0625. The maximum absolute atomic E-state index is 13.3. The van der Waals surface area contributed by atoms with Gasteiger partial charge in [-0.3, -0.25) is 0 Å². The predicted molar refractivity (Wildman–Crippen MR) is 75.2 cm³/mol. The van der Waals surface area contributed by atoms with Crippen molar-refractivity contribution >= 4 is 12.0 Å². The van der Waals surface area contributed by atoms with Gasteiger partial charge in [-0.2, -0.15) is 0 Å². The lowest BCUT2D eigenvalue weighted by Crippen LogP contribution is -2.16. The summed E-state index contributed by atoms with van der Waals surface area (Å²) in [6, 6.07) is 8.70. The Kier molecular flexibility index (Phi) is 4.68. The Morgan fingerprint density at radius 1 is 1.09 bits per heavy atom. The van der Waals surface area contributed by atoms with Gasteiger partial charge in [-0.25, -0.2) is 9.18 Å². The zero-order chi connectivity index (χ0) is 17.0. The van der Waals surface area contributed by atoms with Crippen LogP contribution in [0, 0.1) is 5.82 Å². The van der Waals surface area contributed by atoms with Crippen molar-refractivity contribution in [2.24, 2.45) is 0 Å². The van der Waals surface area contributed by atoms with Gasteiger partial charge in [0.15, 0.2) is 0 Å². The summed E-state index contributed by atoms with van der Waals surface area (Å²) in [5.74, 6) is -2.14. The molecule has 0 saturated carbocycles. The van der Waals surface area contributed by atoms with Gasteiger partial charge in [-0.15, -0.1) is 13.2 Å². The summed E-state index contributed by atoms with van der Waals surface area (Å²) >= 11 is 0. The Balaban J connectivity index is 2.36. The number of carboxylic acids is 1. The Morgan fingerprint density at radius 2 is 1.74 bits per heavy atom. The number of carboxylic acid groups (broad SMARTS) is 1. The van der Waals surface area contributed by atoms with Crippen molar-refractivity contribution in [2.75, 3.05) is 0 Å². The summed E-state index contributed by atoms with van der Waals surface area (Å²) < 4.78 is 53.4. The van der Waals surface area contributed by atoms with Gasteiger partial charge in [0.2, 0.25) is 0 Å². The zero-order valence-electron chi connectivity index (χ0n) is 11.5. The van der Waals surface area contributed by atoms with Gasteiger partial charge in [0.1, 0.15) is 11.6 Å². The van der Waals surface area contributed by atoms with Crippen LogP contribution in [0.2, 0.25) is 0 Å². The third-order valence-electron chi connectivity index (χ3n) is 2.82. The van der Waals surface area contributed by atoms with Crippen LogP contribution in [-0.2, 0) is 4.79 Å². The van der Waals surface area contributed by atoms with Crippen LogP contribution in [0.15, 0.2) is 48.5 Å². The number of ether oxygens (including phenoxy) is 1. The summed E-state index contributed by atoms with van der Waals surface area (Å²) in [7, 11) is 0. The van der Waals surface area contributed by atoms with Crippen LogP contribution in [0.25, 0.3) is 17.2 Å². The first kappa shape index (κ1) is 16.5. The molecule has 0 spiro atoms. The van der Waals surface area contributed by atoms with Crippen molar-refractivity contribution in [1.29, 1.82) is 0 Å². The lowest BCUT2D eigenvalue weighted by atomic mass is 9.99. The van der Waals surface area contributed by atoms with E-state index in [2.05, 4.69) is 4.74 Å². The lowest BCUT2D eigenvalue weighted by molar-refractivity contribution is -0.274. The van der Waals surface area contributed by atoms with Crippen molar-refractivity contribution in [2.45, 2.75) is 6.36 Å². The highest BCUT2D eigenvalue weighted by molar-refractivity contribution is 5.87. The molecule has 0 fully saturated rings. The molecule has 2 aromatic carbocycles.